The Kier molecular flexibility index (Phi) is 23.9. The van der Waals surface area contributed by atoms with Crippen molar-refractivity contribution in [3.63, 3.8) is 0 Å². The highest BCUT2D eigenvalue weighted by Gasteiger charge is 2.57. The number of carbonyl (C=O) groups is 6. The first-order valence-electron chi connectivity index (χ1n) is 32.1. The third-order valence-corrected chi connectivity index (χ3v) is 18.6. The molecule has 7 aliphatic rings. The van der Waals surface area contributed by atoms with Crippen molar-refractivity contribution in [2.45, 2.75) is 179 Å². The number of hydrogen-bond donors (Lipinski definition) is 23. The summed E-state index contributed by atoms with van der Waals surface area (Å²) < 4.78 is 55.1. The van der Waals surface area contributed by atoms with Gasteiger partial charge in [0.25, 0.3) is 0 Å². The molecule has 3 aromatic rings. The molecular formula is C62H83FN12O25. The third-order valence-electron chi connectivity index (χ3n) is 18.6. The number of nitrogens with zero attached hydrogens (tertiary/aromatic N) is 1. The molecule has 10 rings (SSSR count). The Morgan fingerprint density at radius 3 is 1.92 bits per heavy atom. The number of halogens is 1. The van der Waals surface area contributed by atoms with Gasteiger partial charge in [0.2, 0.25) is 41.7 Å². The quantitative estimate of drug-likeness (QED) is 0.0597. The van der Waals surface area contributed by atoms with Gasteiger partial charge in [0.15, 0.2) is 30.2 Å². The van der Waals surface area contributed by atoms with Crippen molar-refractivity contribution < 1.29 is 128 Å². The van der Waals surface area contributed by atoms with E-state index in [-0.39, 0.29) is 30.4 Å². The first kappa shape index (κ1) is 74.7. The zero-order valence-corrected chi connectivity index (χ0v) is 53.6. The normalized spacial score (nSPS) is 37.4. The molecule has 26 unspecified atom stereocenters. The number of ether oxygens (including phenoxy) is 7. The maximum absolute atomic E-state index is 15.2. The van der Waals surface area contributed by atoms with Crippen molar-refractivity contribution in [1.82, 2.24) is 52.8 Å². The summed E-state index contributed by atoms with van der Waals surface area (Å²) >= 11 is 0. The SMILES string of the molecule is CC(c1ccccc1)C1NC(=O)CNC(=O)C(CO)NC(=O)C(C(O)C2CNC(=N)N2C2OC(CO)C(O)C(O)C2O)NC(=O)C(C(O)C2CNC(=N)N2)NC(=O)C(Cc2ccc(OC3OC(CO)C(OC4OC5COC(C)(c6ccc(F)cc6)OC5C(O)C4O)C(O)C3O)cc2)NC1=O. The number of benzene rings is 3. The molecule has 0 aromatic heterocycles. The molecule has 7 saturated heterocycles. The zero-order valence-electron chi connectivity index (χ0n) is 53.6. The van der Waals surface area contributed by atoms with Crippen LogP contribution in [0.5, 0.6) is 5.75 Å². The van der Waals surface area contributed by atoms with Crippen LogP contribution in [0.2, 0.25) is 0 Å². The fourth-order valence-corrected chi connectivity index (χ4v) is 12.8. The van der Waals surface area contributed by atoms with Gasteiger partial charge in [-0.3, -0.25) is 39.6 Å². The molecule has 26 atom stereocenters. The summed E-state index contributed by atoms with van der Waals surface area (Å²) in [6.45, 7) is -1.75. The molecule has 7 aliphatic heterocycles. The molecule has 548 valence electrons. The van der Waals surface area contributed by atoms with E-state index >= 15 is 9.59 Å². The molecule has 100 heavy (non-hydrogen) atoms. The van der Waals surface area contributed by atoms with Gasteiger partial charge in [0, 0.05) is 31.0 Å². The average Bonchev–Trinajstić information content (AvgIpc) is 1.13. The van der Waals surface area contributed by atoms with Gasteiger partial charge in [-0.1, -0.05) is 61.5 Å². The second-order valence-corrected chi connectivity index (χ2v) is 25.3. The molecule has 0 spiro atoms. The van der Waals surface area contributed by atoms with Crippen LogP contribution in [0.25, 0.3) is 0 Å². The Morgan fingerprint density at radius 1 is 0.620 bits per heavy atom. The molecule has 3 aromatic carbocycles. The minimum absolute atomic E-state index is 0.0679. The highest BCUT2D eigenvalue weighted by atomic mass is 19.1. The Hall–Kier alpha value is -7.97. The van der Waals surface area contributed by atoms with Gasteiger partial charge in [0.05, 0.1) is 45.1 Å². The molecule has 7 heterocycles. The van der Waals surface area contributed by atoms with Crippen LogP contribution in [0.15, 0.2) is 78.9 Å². The van der Waals surface area contributed by atoms with Crippen molar-refractivity contribution in [3.8, 4) is 5.75 Å². The van der Waals surface area contributed by atoms with Crippen LogP contribution in [0.1, 0.15) is 36.5 Å². The van der Waals surface area contributed by atoms with E-state index in [4.69, 9.17) is 44.0 Å². The monoisotopic (exact) mass is 1410 g/mol. The van der Waals surface area contributed by atoms with Crippen molar-refractivity contribution in [2.75, 3.05) is 46.1 Å². The summed E-state index contributed by atoms with van der Waals surface area (Å²) in [5.41, 5.74) is 1.11. The van der Waals surface area contributed by atoms with Crippen LogP contribution in [-0.2, 0) is 69.4 Å². The van der Waals surface area contributed by atoms with Crippen molar-refractivity contribution >= 4 is 47.4 Å². The molecule has 0 saturated carbocycles. The van der Waals surface area contributed by atoms with Crippen LogP contribution in [0, 0.1) is 16.6 Å². The largest absolute Gasteiger partial charge is 0.462 e. The van der Waals surface area contributed by atoms with Crippen LogP contribution in [0.4, 0.5) is 4.39 Å². The number of amides is 6. The van der Waals surface area contributed by atoms with Gasteiger partial charge in [-0.2, -0.15) is 0 Å². The van der Waals surface area contributed by atoms with Crippen molar-refractivity contribution in [2.24, 2.45) is 0 Å². The summed E-state index contributed by atoms with van der Waals surface area (Å²) in [6, 6.07) is 6.00. The second kappa shape index (κ2) is 31.9. The van der Waals surface area contributed by atoms with Gasteiger partial charge in [-0.15, -0.1) is 0 Å². The van der Waals surface area contributed by atoms with Crippen LogP contribution in [0.3, 0.4) is 0 Å². The molecule has 7 fully saturated rings. The van der Waals surface area contributed by atoms with E-state index in [0.29, 0.717) is 11.1 Å². The number of aliphatic hydroxyl groups excluding tert-OH is 12. The van der Waals surface area contributed by atoms with Crippen LogP contribution in [-0.4, -0.2) is 306 Å². The minimum atomic E-state index is -2.36. The van der Waals surface area contributed by atoms with E-state index in [1.165, 1.54) is 55.5 Å². The predicted octanol–water partition coefficient (Wildman–Crippen LogP) is -10.1. The predicted molar refractivity (Wildman–Crippen MR) is 333 cm³/mol. The molecule has 6 amide bonds. The zero-order chi connectivity index (χ0) is 72.2. The molecule has 38 heteroatoms. The topological polar surface area (TPSA) is 569 Å². The molecular weight excluding hydrogens is 1330 g/mol. The summed E-state index contributed by atoms with van der Waals surface area (Å²) in [6.07, 6.45) is -30.6. The van der Waals surface area contributed by atoms with Gasteiger partial charge < -0.3 is 147 Å². The first-order chi connectivity index (χ1) is 47.6. The Labute approximate surface area is 568 Å². The number of nitrogens with one attached hydrogen (secondary N) is 11. The average molecular weight is 1420 g/mol. The van der Waals surface area contributed by atoms with Crippen LogP contribution >= 0.6 is 0 Å². The van der Waals surface area contributed by atoms with Gasteiger partial charge in [-0.05, 0) is 42.3 Å². The number of aliphatic hydroxyl groups is 12. The minimum Gasteiger partial charge on any atom is -0.462 e. The molecule has 23 N–H and O–H groups in total. The smallest absolute Gasteiger partial charge is 0.246 e. The van der Waals surface area contributed by atoms with E-state index in [1.54, 1.807) is 37.3 Å². The van der Waals surface area contributed by atoms with Gasteiger partial charge in [0.1, 0.15) is 127 Å². The lowest BCUT2D eigenvalue weighted by Crippen LogP contribution is -2.69. The number of fused-ring (bicyclic) bond motifs is 1. The van der Waals surface area contributed by atoms with E-state index in [2.05, 4.69) is 47.9 Å². The molecule has 0 radical (unpaired) electrons. The fraction of sp³-hybridized carbons (Fsp3) is 0.581. The van der Waals surface area contributed by atoms with Gasteiger partial charge >= 0.3 is 0 Å². The number of rotatable bonds is 17. The highest BCUT2D eigenvalue weighted by molar-refractivity contribution is 5.98. The Morgan fingerprint density at radius 2 is 1.26 bits per heavy atom. The summed E-state index contributed by atoms with van der Waals surface area (Å²) in [7, 11) is 0. The lowest BCUT2D eigenvalue weighted by Gasteiger charge is -2.50. The third kappa shape index (κ3) is 16.2. The molecule has 37 nitrogen and oxygen atoms in total. The lowest BCUT2D eigenvalue weighted by atomic mass is 9.92. The fourth-order valence-electron chi connectivity index (χ4n) is 12.8. The standard InChI is InChI=1S/C62H83FN12O25/c1-24(26-6-4-3-5-7-26)38-54(91)69-30(16-25-8-14-29(15-9-25)95-58-48(87)45(84)50(35(22-78)97-58)99-59-49(88)46(85)51-36(98-59)23-94-62(2,100-51)27-10-12-28(63)13-11-27)53(90)73-39(41(80)31-17-67-60(64)71-31)56(93)74-40(55(92)70-32(20-76)52(89)66-19-37(79)72-38)42(81)33-18-68-61(65)75(33)57-47(86)44(83)43(82)34(21-77)96-57/h3-15,24,30-36,38-51,57-59,76-78,80-88H,16-23H2,1-2H3,(H2,65,68)(H,66,89)(H,69,91)(H,70,92)(H,72,79)(H,73,90)(H,74,93)(H3,64,67,71). The van der Waals surface area contributed by atoms with E-state index in [9.17, 15) is 84.8 Å². The van der Waals surface area contributed by atoms with Gasteiger partial charge in [-0.25, -0.2) is 4.39 Å². The van der Waals surface area contributed by atoms with E-state index in [0.717, 1.165) is 4.90 Å². The maximum atomic E-state index is 15.2. The van der Waals surface area contributed by atoms with E-state index in [1.807, 2.05) is 0 Å². The summed E-state index contributed by atoms with van der Waals surface area (Å²) in [5.74, 6) is -11.3. The molecule has 0 bridgehead atoms. The number of carbonyl (C=O) groups excluding carboxylic acids is 6. The number of hydrogen-bond acceptors (Lipinski definition) is 27. The van der Waals surface area contributed by atoms with E-state index < -0.39 is 245 Å². The summed E-state index contributed by atoms with van der Waals surface area (Å²) in [4.78, 5) is 88.3. The second-order valence-electron chi connectivity index (χ2n) is 25.3. The number of guanidine groups is 2. The Bertz CT molecular complexity index is 3390. The lowest BCUT2D eigenvalue weighted by molar-refractivity contribution is -0.404. The Balaban J connectivity index is 0.907. The van der Waals surface area contributed by atoms with Crippen molar-refractivity contribution in [3.05, 3.63) is 101 Å². The summed E-state index contributed by atoms with van der Waals surface area (Å²) in [5, 5.41) is 172. The van der Waals surface area contributed by atoms with Crippen molar-refractivity contribution in [1.29, 1.82) is 10.8 Å². The maximum Gasteiger partial charge on any atom is 0.246 e. The first-order valence-corrected chi connectivity index (χ1v) is 32.1. The highest BCUT2D eigenvalue weighted by Crippen LogP contribution is 2.40. The van der Waals surface area contributed by atoms with Crippen LogP contribution < -0.4 is 52.6 Å². The molecule has 0 aliphatic carbocycles.